The molecule has 6 atom stereocenters. The van der Waals surface area contributed by atoms with Gasteiger partial charge in [0.25, 0.3) is 0 Å². The highest BCUT2D eigenvalue weighted by molar-refractivity contribution is 7.47. The number of ether oxygens (including phenoxy) is 4. The van der Waals surface area contributed by atoms with Gasteiger partial charge in [-0.05, 0) is 49.4 Å². The van der Waals surface area contributed by atoms with Crippen molar-refractivity contribution in [2.24, 2.45) is 23.7 Å². The lowest BCUT2D eigenvalue weighted by atomic mass is 10.00. The second kappa shape index (κ2) is 65.4. The highest BCUT2D eigenvalue weighted by Crippen LogP contribution is 2.45. The Hall–Kier alpha value is -1.94. The van der Waals surface area contributed by atoms with Gasteiger partial charge in [0.15, 0.2) is 12.2 Å². The SMILES string of the molecule is CCC(C)CCCCCCCCC(=O)O[C@H](COC(=O)CCCCCCCCC(C)C)COP(=O)(O)OC[C@H](O)COP(=O)(O)OC[C@@H](COC(=O)CCCCCCCCCCCCCCCCCCCCC(C)C)OC(=O)CCCCCCCCCCCCCCC(C)C. The first-order valence-corrected chi connectivity index (χ1v) is 42.2. The molecule has 0 aliphatic carbocycles. The fraction of sp³-hybridized carbons (Fsp3) is 0.947. The third-order valence-electron chi connectivity index (χ3n) is 17.9. The zero-order valence-electron chi connectivity index (χ0n) is 62.3. The highest BCUT2D eigenvalue weighted by Gasteiger charge is 2.30. The van der Waals surface area contributed by atoms with Crippen LogP contribution in [0.4, 0.5) is 0 Å². The van der Waals surface area contributed by atoms with Gasteiger partial charge in [-0.2, -0.15) is 0 Å². The minimum absolute atomic E-state index is 0.102. The molecule has 0 bridgehead atoms. The van der Waals surface area contributed by atoms with Crippen molar-refractivity contribution in [1.82, 2.24) is 0 Å². The summed E-state index contributed by atoms with van der Waals surface area (Å²) >= 11 is 0. The van der Waals surface area contributed by atoms with Crippen LogP contribution in [-0.2, 0) is 65.4 Å². The number of carbonyl (C=O) groups excluding carboxylic acids is 4. The number of aliphatic hydroxyl groups is 1. The Morgan fingerprint density at radius 3 is 0.747 bits per heavy atom. The average Bonchev–Trinajstić information content (AvgIpc) is 1.30. The van der Waals surface area contributed by atoms with Gasteiger partial charge in [-0.15, -0.1) is 0 Å². The first-order chi connectivity index (χ1) is 45.6. The number of hydrogen-bond donors (Lipinski definition) is 3. The molecule has 19 heteroatoms. The molecule has 0 radical (unpaired) electrons. The van der Waals surface area contributed by atoms with E-state index in [9.17, 15) is 43.2 Å². The fourth-order valence-corrected chi connectivity index (χ4v) is 13.1. The number of carbonyl (C=O) groups is 4. The van der Waals surface area contributed by atoms with Crippen molar-refractivity contribution in [1.29, 1.82) is 0 Å². The first kappa shape index (κ1) is 93.1. The Balaban J connectivity index is 5.18. The van der Waals surface area contributed by atoms with E-state index < -0.39 is 97.5 Å². The molecule has 0 saturated heterocycles. The van der Waals surface area contributed by atoms with E-state index in [1.165, 1.54) is 180 Å². The van der Waals surface area contributed by atoms with Gasteiger partial charge in [0.05, 0.1) is 26.4 Å². The summed E-state index contributed by atoms with van der Waals surface area (Å²) in [5, 5.41) is 10.6. The zero-order chi connectivity index (χ0) is 70.3. The Bertz CT molecular complexity index is 1870. The predicted octanol–water partition coefficient (Wildman–Crippen LogP) is 22.0. The van der Waals surface area contributed by atoms with Crippen LogP contribution in [0.3, 0.4) is 0 Å². The van der Waals surface area contributed by atoms with E-state index in [4.69, 9.17) is 37.0 Å². The number of unbranched alkanes of at least 4 members (excludes halogenated alkanes) is 38. The molecule has 0 aliphatic rings. The third kappa shape index (κ3) is 69.0. The minimum Gasteiger partial charge on any atom is -0.462 e. The molecule has 0 aromatic carbocycles. The molecular formula is C76H148O17P2. The van der Waals surface area contributed by atoms with Crippen LogP contribution in [-0.4, -0.2) is 96.7 Å². The van der Waals surface area contributed by atoms with Gasteiger partial charge in [0.2, 0.25) is 0 Å². The summed E-state index contributed by atoms with van der Waals surface area (Å²) in [5.41, 5.74) is 0. The van der Waals surface area contributed by atoms with E-state index in [0.29, 0.717) is 31.6 Å². The number of phosphoric ester groups is 2. The number of hydrogen-bond acceptors (Lipinski definition) is 15. The Morgan fingerprint density at radius 2 is 0.505 bits per heavy atom. The van der Waals surface area contributed by atoms with E-state index in [0.717, 1.165) is 114 Å². The Labute approximate surface area is 581 Å². The Morgan fingerprint density at radius 1 is 0.295 bits per heavy atom. The number of rotatable bonds is 73. The van der Waals surface area contributed by atoms with Crippen LogP contribution in [0.15, 0.2) is 0 Å². The summed E-state index contributed by atoms with van der Waals surface area (Å²) in [4.78, 5) is 72.7. The molecule has 0 heterocycles. The summed E-state index contributed by atoms with van der Waals surface area (Å²) in [6, 6.07) is 0. The van der Waals surface area contributed by atoms with E-state index in [1.807, 2.05) is 0 Å². The fourth-order valence-electron chi connectivity index (χ4n) is 11.5. The molecule has 95 heavy (non-hydrogen) atoms. The van der Waals surface area contributed by atoms with Gasteiger partial charge in [-0.25, -0.2) is 9.13 Å². The van der Waals surface area contributed by atoms with Crippen LogP contribution in [0, 0.1) is 23.7 Å². The van der Waals surface area contributed by atoms with Crippen LogP contribution in [0.2, 0.25) is 0 Å². The van der Waals surface area contributed by atoms with Crippen LogP contribution < -0.4 is 0 Å². The lowest BCUT2D eigenvalue weighted by Crippen LogP contribution is -2.30. The molecule has 17 nitrogen and oxygen atoms in total. The standard InChI is InChI=1S/C76H148O17P2/c1-9-69(8)55-47-39-33-35-43-51-59-76(81)93-72(63-87-74(79)57-49-41-34-32-38-46-54-68(6)7)65-91-95(84,85)89-61-70(77)60-88-94(82,83)90-64-71(92-75(80)58-50-42-31-27-23-19-18-21-25-29-37-45-53-67(4)5)62-86-73(78)56-48-40-30-26-22-17-15-13-11-10-12-14-16-20-24-28-36-44-52-66(2)3/h66-72,77H,9-65H2,1-8H3,(H,82,83)(H,84,85)/t69?,70-,71-,72-/m1/s1. The van der Waals surface area contributed by atoms with Crippen molar-refractivity contribution in [2.75, 3.05) is 39.6 Å². The van der Waals surface area contributed by atoms with E-state index in [-0.39, 0.29) is 25.7 Å². The van der Waals surface area contributed by atoms with Gasteiger partial charge in [-0.1, -0.05) is 331 Å². The maximum Gasteiger partial charge on any atom is 0.472 e. The van der Waals surface area contributed by atoms with Gasteiger partial charge in [0.1, 0.15) is 19.3 Å². The summed E-state index contributed by atoms with van der Waals surface area (Å²) in [5.74, 6) is 0.873. The maximum atomic E-state index is 13.1. The van der Waals surface area contributed by atoms with Crippen LogP contribution in [0.5, 0.6) is 0 Å². The monoisotopic (exact) mass is 1400 g/mol. The molecule has 564 valence electrons. The predicted molar refractivity (Wildman–Crippen MR) is 386 cm³/mol. The molecule has 0 amide bonds. The Kier molecular flexibility index (Phi) is 64.0. The minimum atomic E-state index is -4.96. The largest absolute Gasteiger partial charge is 0.472 e. The molecule has 0 rings (SSSR count). The summed E-state index contributed by atoms with van der Waals surface area (Å²) in [6.45, 7) is 14.1. The average molecular weight is 1400 g/mol. The molecule has 0 fully saturated rings. The highest BCUT2D eigenvalue weighted by atomic mass is 31.2. The van der Waals surface area contributed by atoms with Crippen molar-refractivity contribution in [2.45, 2.75) is 401 Å². The van der Waals surface area contributed by atoms with Gasteiger partial charge in [0, 0.05) is 25.7 Å². The summed E-state index contributed by atoms with van der Waals surface area (Å²) in [7, 11) is -9.91. The van der Waals surface area contributed by atoms with Gasteiger partial charge >= 0.3 is 39.5 Å². The van der Waals surface area contributed by atoms with Crippen LogP contribution in [0.25, 0.3) is 0 Å². The van der Waals surface area contributed by atoms with Crippen LogP contribution >= 0.6 is 15.6 Å². The molecule has 0 aromatic heterocycles. The molecular weight excluding hydrogens is 1250 g/mol. The second-order valence-electron chi connectivity index (χ2n) is 29.1. The lowest BCUT2D eigenvalue weighted by molar-refractivity contribution is -0.161. The second-order valence-corrected chi connectivity index (χ2v) is 32.0. The van der Waals surface area contributed by atoms with Gasteiger partial charge in [-0.3, -0.25) is 37.3 Å². The van der Waals surface area contributed by atoms with E-state index >= 15 is 0 Å². The van der Waals surface area contributed by atoms with Crippen molar-refractivity contribution in [3.8, 4) is 0 Å². The third-order valence-corrected chi connectivity index (χ3v) is 19.8. The quantitative estimate of drug-likeness (QED) is 0.0222. The van der Waals surface area contributed by atoms with Gasteiger partial charge < -0.3 is 33.8 Å². The van der Waals surface area contributed by atoms with Crippen molar-refractivity contribution < 1.29 is 80.2 Å². The normalized spacial score (nSPS) is 14.4. The van der Waals surface area contributed by atoms with E-state index in [2.05, 4.69) is 55.4 Å². The van der Waals surface area contributed by atoms with E-state index in [1.54, 1.807) is 0 Å². The summed E-state index contributed by atoms with van der Waals surface area (Å²) < 4.78 is 68.4. The molecule has 0 aliphatic heterocycles. The van der Waals surface area contributed by atoms with Crippen LogP contribution in [0.1, 0.15) is 383 Å². The number of phosphoric acid groups is 2. The molecule has 0 aromatic rings. The maximum absolute atomic E-state index is 13.1. The number of aliphatic hydroxyl groups excluding tert-OH is 1. The topological polar surface area (TPSA) is 237 Å². The van der Waals surface area contributed by atoms with Crippen molar-refractivity contribution in [3.63, 3.8) is 0 Å². The molecule has 0 spiro atoms. The lowest BCUT2D eigenvalue weighted by Gasteiger charge is -2.21. The number of esters is 4. The summed E-state index contributed by atoms with van der Waals surface area (Å²) in [6.07, 6.45) is 50.3. The molecule has 3 unspecified atom stereocenters. The zero-order valence-corrected chi connectivity index (χ0v) is 64.1. The molecule has 3 N–H and O–H groups in total. The first-order valence-electron chi connectivity index (χ1n) is 39.2. The smallest absolute Gasteiger partial charge is 0.462 e. The molecule has 0 saturated carbocycles. The van der Waals surface area contributed by atoms with Crippen molar-refractivity contribution in [3.05, 3.63) is 0 Å². The van der Waals surface area contributed by atoms with Crippen molar-refractivity contribution >= 4 is 39.5 Å².